The number of carbonyl (C=O) groups is 2. The Morgan fingerprint density at radius 1 is 1.18 bits per heavy atom. The van der Waals surface area contributed by atoms with Crippen molar-refractivity contribution in [2.45, 2.75) is 46.1 Å². The van der Waals surface area contributed by atoms with Crippen LogP contribution in [0.15, 0.2) is 29.2 Å². The molecular weight excluding hydrogens is 380 g/mol. The summed E-state index contributed by atoms with van der Waals surface area (Å²) in [6, 6.07) is 6.63. The predicted octanol–water partition coefficient (Wildman–Crippen LogP) is 2.37. The van der Waals surface area contributed by atoms with Crippen LogP contribution in [0.25, 0.3) is 0 Å². The van der Waals surface area contributed by atoms with Gasteiger partial charge in [0, 0.05) is 24.3 Å². The maximum Gasteiger partial charge on any atom is 0.246 e. The number of benzene rings is 1. The predicted molar refractivity (Wildman–Crippen MR) is 107 cm³/mol. The summed E-state index contributed by atoms with van der Waals surface area (Å²) in [6.45, 7) is 8.84. The van der Waals surface area contributed by atoms with E-state index in [1.807, 2.05) is 0 Å². The summed E-state index contributed by atoms with van der Waals surface area (Å²) in [7, 11) is -3.67. The van der Waals surface area contributed by atoms with Gasteiger partial charge >= 0.3 is 0 Å². The number of aromatic nitrogens is 2. The number of Topliss-reactive ketones (excluding diaryl/α,β-unsaturated/α-hetero) is 1. The lowest BCUT2D eigenvalue weighted by Crippen LogP contribution is -2.31. The zero-order valence-electron chi connectivity index (χ0n) is 16.8. The molecule has 0 atom stereocenters. The van der Waals surface area contributed by atoms with Crippen molar-refractivity contribution in [3.63, 3.8) is 0 Å². The number of hydrogen-bond donors (Lipinski definition) is 1. The molecule has 0 saturated carbocycles. The van der Waals surface area contributed by atoms with Crippen molar-refractivity contribution in [1.82, 2.24) is 14.1 Å². The first-order valence-corrected chi connectivity index (χ1v) is 10.5. The minimum Gasteiger partial charge on any atom is -0.324 e. The number of nitrogens with zero attached hydrogens (tertiary/aromatic N) is 3. The number of anilines is 1. The Morgan fingerprint density at radius 3 is 2.39 bits per heavy atom. The Morgan fingerprint density at radius 2 is 1.82 bits per heavy atom. The molecule has 0 bridgehead atoms. The van der Waals surface area contributed by atoms with Gasteiger partial charge in [0.1, 0.15) is 11.4 Å². The molecule has 1 N–H and O–H groups in total. The molecule has 2 aromatic rings. The van der Waals surface area contributed by atoms with E-state index >= 15 is 0 Å². The fourth-order valence-electron chi connectivity index (χ4n) is 3.05. The molecular formula is C19H26N4O4S. The lowest BCUT2D eigenvalue weighted by molar-refractivity contribution is -0.116. The van der Waals surface area contributed by atoms with Crippen LogP contribution in [0.2, 0.25) is 0 Å². The minimum atomic E-state index is -3.67. The Kier molecular flexibility index (Phi) is 6.73. The number of sulfonamides is 1. The Balaban J connectivity index is 2.25. The maximum atomic E-state index is 12.9. The fraction of sp³-hybridized carbons (Fsp3) is 0.421. The van der Waals surface area contributed by atoms with Gasteiger partial charge in [0.05, 0.1) is 11.4 Å². The Bertz CT molecular complexity index is 991. The van der Waals surface area contributed by atoms with Crippen LogP contribution in [-0.4, -0.2) is 47.3 Å². The average Bonchev–Trinajstić information content (AvgIpc) is 2.89. The van der Waals surface area contributed by atoms with Crippen molar-refractivity contribution < 1.29 is 18.0 Å². The van der Waals surface area contributed by atoms with E-state index in [-0.39, 0.29) is 23.1 Å². The van der Waals surface area contributed by atoms with Crippen molar-refractivity contribution in [1.29, 1.82) is 0 Å². The zero-order valence-corrected chi connectivity index (χ0v) is 17.6. The minimum absolute atomic E-state index is 0.0964. The summed E-state index contributed by atoms with van der Waals surface area (Å²) in [6.07, 6.45) is 0. The van der Waals surface area contributed by atoms with E-state index in [0.29, 0.717) is 35.7 Å². The van der Waals surface area contributed by atoms with E-state index in [1.54, 1.807) is 52.0 Å². The molecule has 8 nitrogen and oxygen atoms in total. The van der Waals surface area contributed by atoms with Gasteiger partial charge in [0.2, 0.25) is 15.9 Å². The Hall–Kier alpha value is -2.52. The molecule has 152 valence electrons. The van der Waals surface area contributed by atoms with Gasteiger partial charge in [-0.1, -0.05) is 26.0 Å². The summed E-state index contributed by atoms with van der Waals surface area (Å²) < 4.78 is 28.5. The third-order valence-corrected chi connectivity index (χ3v) is 6.77. The summed E-state index contributed by atoms with van der Waals surface area (Å²) in [5.41, 5.74) is 1.76. The van der Waals surface area contributed by atoms with E-state index < -0.39 is 10.0 Å². The third kappa shape index (κ3) is 4.48. The molecule has 0 fully saturated rings. The van der Waals surface area contributed by atoms with Crippen LogP contribution in [0.1, 0.15) is 42.5 Å². The number of aryl methyl sites for hydroxylation is 1. The van der Waals surface area contributed by atoms with Crippen LogP contribution in [-0.2, 0) is 21.4 Å². The highest BCUT2D eigenvalue weighted by atomic mass is 32.2. The molecule has 0 aliphatic heterocycles. The first kappa shape index (κ1) is 21.8. The van der Waals surface area contributed by atoms with E-state index in [4.69, 9.17) is 0 Å². The largest absolute Gasteiger partial charge is 0.324 e. The van der Waals surface area contributed by atoms with Crippen LogP contribution < -0.4 is 5.32 Å². The summed E-state index contributed by atoms with van der Waals surface area (Å²) >= 11 is 0. The second-order valence-corrected chi connectivity index (χ2v) is 8.31. The van der Waals surface area contributed by atoms with Gasteiger partial charge in [-0.2, -0.15) is 9.40 Å². The number of amides is 1. The molecule has 1 aromatic heterocycles. The molecule has 1 aromatic carbocycles. The molecule has 0 unspecified atom stereocenters. The van der Waals surface area contributed by atoms with Gasteiger partial charge in [-0.25, -0.2) is 8.42 Å². The second kappa shape index (κ2) is 8.66. The van der Waals surface area contributed by atoms with Gasteiger partial charge < -0.3 is 5.32 Å². The molecule has 1 heterocycles. The second-order valence-electron chi connectivity index (χ2n) is 6.43. The van der Waals surface area contributed by atoms with E-state index in [9.17, 15) is 18.0 Å². The molecule has 28 heavy (non-hydrogen) atoms. The lowest BCUT2D eigenvalue weighted by Gasteiger charge is -2.18. The summed E-state index contributed by atoms with van der Waals surface area (Å²) in [5.74, 6) is -0.459. The van der Waals surface area contributed by atoms with Gasteiger partial charge in [0.25, 0.3) is 0 Å². The van der Waals surface area contributed by atoms with Crippen LogP contribution in [0.4, 0.5) is 5.69 Å². The first-order chi connectivity index (χ1) is 13.1. The smallest absolute Gasteiger partial charge is 0.246 e. The highest BCUT2D eigenvalue weighted by molar-refractivity contribution is 7.89. The lowest BCUT2D eigenvalue weighted by atomic mass is 10.1. The summed E-state index contributed by atoms with van der Waals surface area (Å²) in [5, 5.41) is 6.96. The van der Waals surface area contributed by atoms with Gasteiger partial charge in [-0.3, -0.25) is 14.3 Å². The quantitative estimate of drug-likeness (QED) is 0.678. The van der Waals surface area contributed by atoms with Crippen LogP contribution >= 0.6 is 0 Å². The SMILES string of the molecule is CCN(CC)S(=O)(=O)c1c(C)nn(CC(=O)Nc2cccc(C(C)=O)c2)c1C. The number of rotatable bonds is 8. The van der Waals surface area contributed by atoms with Crippen LogP contribution in [0.3, 0.4) is 0 Å². The standard InChI is InChI=1S/C19H26N4O4S/c1-6-22(7-2)28(26,27)19-13(3)21-23(14(19)4)12-18(25)20-17-10-8-9-16(11-17)15(5)24/h8-11H,6-7,12H2,1-5H3,(H,20,25). The third-order valence-electron chi connectivity index (χ3n) is 4.46. The Labute approximate surface area is 165 Å². The number of carbonyl (C=O) groups excluding carboxylic acids is 2. The maximum absolute atomic E-state index is 12.9. The molecule has 1 amide bonds. The molecule has 2 rings (SSSR count). The molecule has 0 radical (unpaired) electrons. The summed E-state index contributed by atoms with van der Waals surface area (Å²) in [4.78, 5) is 24.0. The molecule has 9 heteroatoms. The highest BCUT2D eigenvalue weighted by Crippen LogP contribution is 2.23. The van der Waals surface area contributed by atoms with Crippen LogP contribution in [0, 0.1) is 13.8 Å². The van der Waals surface area contributed by atoms with Crippen molar-refractivity contribution in [2.75, 3.05) is 18.4 Å². The number of ketones is 1. The van der Waals surface area contributed by atoms with E-state index in [2.05, 4.69) is 10.4 Å². The fourth-order valence-corrected chi connectivity index (χ4v) is 4.88. The van der Waals surface area contributed by atoms with E-state index in [0.717, 1.165) is 0 Å². The van der Waals surface area contributed by atoms with Gasteiger partial charge in [0.15, 0.2) is 5.78 Å². The molecule has 0 spiro atoms. The van der Waals surface area contributed by atoms with E-state index in [1.165, 1.54) is 15.9 Å². The average molecular weight is 407 g/mol. The van der Waals surface area contributed by atoms with Crippen molar-refractivity contribution >= 4 is 27.4 Å². The monoisotopic (exact) mass is 406 g/mol. The normalized spacial score (nSPS) is 11.6. The van der Waals surface area contributed by atoms with Gasteiger partial charge in [-0.05, 0) is 32.9 Å². The zero-order chi connectivity index (χ0) is 21.1. The topological polar surface area (TPSA) is 101 Å². The number of nitrogens with one attached hydrogen (secondary N) is 1. The highest BCUT2D eigenvalue weighted by Gasteiger charge is 2.29. The molecule has 0 saturated heterocycles. The van der Waals surface area contributed by atoms with Crippen molar-refractivity contribution in [3.05, 3.63) is 41.2 Å². The molecule has 0 aliphatic carbocycles. The number of hydrogen-bond acceptors (Lipinski definition) is 5. The van der Waals surface area contributed by atoms with Crippen molar-refractivity contribution in [2.24, 2.45) is 0 Å². The van der Waals surface area contributed by atoms with Crippen molar-refractivity contribution in [3.8, 4) is 0 Å². The van der Waals surface area contributed by atoms with Crippen LogP contribution in [0.5, 0.6) is 0 Å². The molecule has 0 aliphatic rings. The first-order valence-electron chi connectivity index (χ1n) is 9.06. The van der Waals surface area contributed by atoms with Gasteiger partial charge in [-0.15, -0.1) is 0 Å².